The summed E-state index contributed by atoms with van der Waals surface area (Å²) in [5, 5.41) is 0. The van der Waals surface area contributed by atoms with Crippen molar-refractivity contribution in [3.05, 3.63) is 20.3 Å². The number of carbonyl (C=O) groups excluding carboxylic acids is 1. The van der Waals surface area contributed by atoms with Gasteiger partial charge >= 0.3 is 0 Å². The smallest absolute Gasteiger partial charge is 0.222 e. The first-order chi connectivity index (χ1) is 7.13. The lowest BCUT2D eigenvalue weighted by molar-refractivity contribution is -0.131. The van der Waals surface area contributed by atoms with Crippen molar-refractivity contribution < 1.29 is 4.79 Å². The molecule has 5 heteroatoms. The molecule has 0 saturated heterocycles. The van der Waals surface area contributed by atoms with Crippen LogP contribution in [0.4, 0.5) is 0 Å². The van der Waals surface area contributed by atoms with E-state index in [1.807, 2.05) is 11.8 Å². The molecule has 0 saturated carbocycles. The summed E-state index contributed by atoms with van der Waals surface area (Å²) in [5.74, 6) is 0.227. The maximum Gasteiger partial charge on any atom is 0.222 e. The highest BCUT2D eigenvalue weighted by Crippen LogP contribution is 2.33. The number of halogens is 2. The topological polar surface area (TPSA) is 36.1 Å². The fraction of sp³-hybridized carbons (Fsp3) is 0.500. The molecular weight excluding hydrogens is 324 g/mol. The Labute approximate surface area is 105 Å². The van der Waals surface area contributed by atoms with Crippen molar-refractivity contribution in [1.29, 1.82) is 0 Å². The quantitative estimate of drug-likeness (QED) is 0.841. The Hall–Kier alpha value is -0.290. The van der Waals surface area contributed by atoms with Gasteiger partial charge in [-0.2, -0.15) is 0 Å². The summed E-state index contributed by atoms with van der Waals surface area (Å²) >= 11 is 6.96. The largest absolute Gasteiger partial charge is 0.352 e. The first-order valence-corrected chi connectivity index (χ1v) is 6.54. The maximum absolute atomic E-state index is 11.6. The molecular formula is C10H12Br2N2O. The Kier molecular flexibility index (Phi) is 3.21. The second-order valence-corrected chi connectivity index (χ2v) is 5.21. The number of aromatic nitrogens is 1. The van der Waals surface area contributed by atoms with E-state index in [2.05, 4.69) is 36.8 Å². The molecule has 1 N–H and O–H groups in total. The highest BCUT2D eigenvalue weighted by atomic mass is 79.9. The molecule has 1 amide bonds. The molecule has 2 heterocycles. The number of H-pyrrole nitrogens is 1. The highest BCUT2D eigenvalue weighted by Gasteiger charge is 2.24. The number of hydrogen-bond donors (Lipinski definition) is 1. The number of nitrogens with one attached hydrogen (secondary N) is 1. The third-order valence-electron chi connectivity index (χ3n) is 2.72. The molecule has 1 aliphatic rings. The van der Waals surface area contributed by atoms with Crippen LogP contribution in [0.5, 0.6) is 0 Å². The summed E-state index contributed by atoms with van der Waals surface area (Å²) in [4.78, 5) is 16.8. The minimum Gasteiger partial charge on any atom is -0.352 e. The molecule has 0 spiro atoms. The lowest BCUT2D eigenvalue weighted by Gasteiger charge is -2.26. The van der Waals surface area contributed by atoms with Crippen molar-refractivity contribution in [1.82, 2.24) is 9.88 Å². The van der Waals surface area contributed by atoms with Crippen LogP contribution in [0.25, 0.3) is 0 Å². The van der Waals surface area contributed by atoms with Gasteiger partial charge in [0.1, 0.15) is 0 Å². The minimum atomic E-state index is 0.227. The van der Waals surface area contributed by atoms with Crippen molar-refractivity contribution in [3.63, 3.8) is 0 Å². The molecule has 0 atom stereocenters. The summed E-state index contributed by atoms with van der Waals surface area (Å²) in [6.45, 7) is 3.43. The van der Waals surface area contributed by atoms with E-state index in [4.69, 9.17) is 0 Å². The number of nitrogens with zero attached hydrogens (tertiary/aromatic N) is 1. The number of carbonyl (C=O) groups is 1. The van der Waals surface area contributed by atoms with E-state index in [1.165, 1.54) is 11.3 Å². The Morgan fingerprint density at radius 2 is 2.27 bits per heavy atom. The average Bonchev–Trinajstić information content (AvgIpc) is 2.54. The van der Waals surface area contributed by atoms with E-state index in [9.17, 15) is 4.79 Å². The second-order valence-electron chi connectivity index (χ2n) is 3.63. The zero-order chi connectivity index (χ0) is 11.0. The molecule has 0 radical (unpaired) electrons. The minimum absolute atomic E-state index is 0.227. The summed E-state index contributed by atoms with van der Waals surface area (Å²) in [5.41, 5.74) is 2.43. The van der Waals surface area contributed by atoms with Gasteiger partial charge in [0.05, 0.1) is 9.08 Å². The Morgan fingerprint density at radius 1 is 1.53 bits per heavy atom. The second kappa shape index (κ2) is 4.29. The van der Waals surface area contributed by atoms with Crippen molar-refractivity contribution in [3.8, 4) is 0 Å². The van der Waals surface area contributed by atoms with Gasteiger partial charge in [0.2, 0.25) is 5.91 Å². The van der Waals surface area contributed by atoms with Gasteiger partial charge in [-0.1, -0.05) is 6.92 Å². The zero-order valence-electron chi connectivity index (χ0n) is 8.44. The van der Waals surface area contributed by atoms with Crippen molar-refractivity contribution in [2.75, 3.05) is 6.54 Å². The normalized spacial score (nSPS) is 15.3. The van der Waals surface area contributed by atoms with Crippen LogP contribution < -0.4 is 0 Å². The molecule has 0 fully saturated rings. The molecule has 1 aromatic heterocycles. The van der Waals surface area contributed by atoms with Crippen molar-refractivity contribution in [2.24, 2.45) is 0 Å². The van der Waals surface area contributed by atoms with Crippen LogP contribution in [0.1, 0.15) is 24.6 Å². The van der Waals surface area contributed by atoms with E-state index in [0.717, 1.165) is 22.0 Å². The van der Waals surface area contributed by atoms with Crippen molar-refractivity contribution in [2.45, 2.75) is 26.3 Å². The Morgan fingerprint density at radius 3 is 2.93 bits per heavy atom. The predicted octanol–water partition coefficient (Wildman–Crippen LogP) is 2.83. The van der Waals surface area contributed by atoms with Gasteiger partial charge in [-0.05, 0) is 31.9 Å². The summed E-state index contributed by atoms with van der Waals surface area (Å²) in [7, 11) is 0. The molecule has 15 heavy (non-hydrogen) atoms. The third-order valence-corrected chi connectivity index (χ3v) is 4.72. The van der Waals surface area contributed by atoms with E-state index >= 15 is 0 Å². The molecule has 3 nitrogen and oxygen atoms in total. The number of aromatic amines is 1. The van der Waals surface area contributed by atoms with Crippen LogP contribution in [0.15, 0.2) is 9.08 Å². The number of rotatable bonds is 1. The third kappa shape index (κ3) is 1.99. The van der Waals surface area contributed by atoms with Crippen LogP contribution in [0.2, 0.25) is 0 Å². The maximum atomic E-state index is 11.6. The summed E-state index contributed by atoms with van der Waals surface area (Å²) in [6, 6.07) is 0. The van der Waals surface area contributed by atoms with Crippen LogP contribution in [0, 0.1) is 0 Å². The van der Waals surface area contributed by atoms with Gasteiger partial charge in [0.25, 0.3) is 0 Å². The van der Waals surface area contributed by atoms with E-state index in [-0.39, 0.29) is 5.91 Å². The molecule has 1 aromatic rings. The Balaban J connectivity index is 2.26. The predicted molar refractivity (Wildman–Crippen MR) is 65.6 cm³/mol. The van der Waals surface area contributed by atoms with E-state index in [1.54, 1.807) is 0 Å². The van der Waals surface area contributed by atoms with Crippen LogP contribution >= 0.6 is 31.9 Å². The summed E-state index contributed by atoms with van der Waals surface area (Å²) < 4.78 is 2.02. The van der Waals surface area contributed by atoms with E-state index < -0.39 is 0 Å². The molecule has 0 unspecified atom stereocenters. The molecule has 0 aromatic carbocycles. The fourth-order valence-corrected chi connectivity index (χ4v) is 2.80. The molecule has 82 valence electrons. The lowest BCUT2D eigenvalue weighted by Crippen LogP contribution is -2.35. The SMILES string of the molecule is CCC(=O)N1CCc2[nH]c(Br)c(Br)c2C1. The molecule has 0 bridgehead atoms. The average molecular weight is 336 g/mol. The van der Waals surface area contributed by atoms with Crippen LogP contribution in [0.3, 0.4) is 0 Å². The fourth-order valence-electron chi connectivity index (χ4n) is 1.86. The number of hydrogen-bond acceptors (Lipinski definition) is 1. The van der Waals surface area contributed by atoms with E-state index in [0.29, 0.717) is 13.0 Å². The standard InChI is InChI=1S/C10H12Br2N2O/c1-2-8(15)14-4-3-7-6(5-14)9(11)10(12)13-7/h13H,2-5H2,1H3. The molecule has 2 rings (SSSR count). The summed E-state index contributed by atoms with van der Waals surface area (Å²) in [6.07, 6.45) is 1.49. The van der Waals surface area contributed by atoms with Gasteiger partial charge in [-0.15, -0.1) is 0 Å². The van der Waals surface area contributed by atoms with Gasteiger partial charge in [-0.3, -0.25) is 4.79 Å². The van der Waals surface area contributed by atoms with Gasteiger partial charge in [0, 0.05) is 37.2 Å². The van der Waals surface area contributed by atoms with Gasteiger partial charge in [0.15, 0.2) is 0 Å². The first-order valence-electron chi connectivity index (χ1n) is 4.96. The Bertz CT molecular complexity index is 400. The van der Waals surface area contributed by atoms with Crippen LogP contribution in [-0.4, -0.2) is 22.3 Å². The highest BCUT2D eigenvalue weighted by molar-refractivity contribution is 9.13. The molecule has 0 aliphatic carbocycles. The lowest BCUT2D eigenvalue weighted by atomic mass is 10.1. The van der Waals surface area contributed by atoms with Crippen molar-refractivity contribution >= 4 is 37.8 Å². The molecule has 1 aliphatic heterocycles. The van der Waals surface area contributed by atoms with Gasteiger partial charge < -0.3 is 9.88 Å². The van der Waals surface area contributed by atoms with Crippen LogP contribution in [-0.2, 0) is 17.8 Å². The first kappa shape index (κ1) is 11.2. The van der Waals surface area contributed by atoms with Gasteiger partial charge in [-0.25, -0.2) is 0 Å². The number of fused-ring (bicyclic) bond motifs is 1. The monoisotopic (exact) mass is 334 g/mol. The number of amides is 1. The zero-order valence-corrected chi connectivity index (χ0v) is 11.6.